The highest BCUT2D eigenvalue weighted by Crippen LogP contribution is 2.32. The van der Waals surface area contributed by atoms with E-state index in [1.807, 2.05) is 27.7 Å². The van der Waals surface area contributed by atoms with Gasteiger partial charge in [0, 0.05) is 44.8 Å². The summed E-state index contributed by atoms with van der Waals surface area (Å²) in [5, 5.41) is 4.40. The molecule has 2 amide bonds. The van der Waals surface area contributed by atoms with Gasteiger partial charge < -0.3 is 14.5 Å². The first-order valence-corrected chi connectivity index (χ1v) is 8.84. The van der Waals surface area contributed by atoms with Gasteiger partial charge in [-0.05, 0) is 31.6 Å². The lowest BCUT2D eigenvalue weighted by Gasteiger charge is -2.35. The zero-order valence-corrected chi connectivity index (χ0v) is 13.9. The fraction of sp³-hybridized carbons (Fsp3) is 0.765. The van der Waals surface area contributed by atoms with E-state index in [2.05, 4.69) is 5.10 Å². The predicted octanol–water partition coefficient (Wildman–Crippen LogP) is 1.96. The van der Waals surface area contributed by atoms with Crippen LogP contribution in [-0.4, -0.2) is 58.5 Å². The summed E-state index contributed by atoms with van der Waals surface area (Å²) in [5.74, 6) is 1.00. The highest BCUT2D eigenvalue weighted by atomic mass is 16.5. The molecule has 0 radical (unpaired) electrons. The third-order valence-electron chi connectivity index (χ3n) is 5.27. The van der Waals surface area contributed by atoms with Gasteiger partial charge in [-0.25, -0.2) is 4.79 Å². The van der Waals surface area contributed by atoms with Crippen molar-refractivity contribution in [2.45, 2.75) is 38.1 Å². The van der Waals surface area contributed by atoms with Crippen LogP contribution in [0.3, 0.4) is 0 Å². The van der Waals surface area contributed by atoms with E-state index in [1.54, 1.807) is 0 Å². The monoisotopic (exact) mass is 318 g/mol. The van der Waals surface area contributed by atoms with Crippen molar-refractivity contribution in [3.63, 3.8) is 0 Å². The van der Waals surface area contributed by atoms with Crippen LogP contribution in [0, 0.1) is 5.92 Å². The fourth-order valence-corrected chi connectivity index (χ4v) is 3.81. The first-order valence-electron chi connectivity index (χ1n) is 8.84. The number of ether oxygens (including phenoxy) is 1. The number of hydrogen-bond acceptors (Lipinski definition) is 3. The van der Waals surface area contributed by atoms with E-state index in [0.29, 0.717) is 13.2 Å². The van der Waals surface area contributed by atoms with E-state index < -0.39 is 0 Å². The molecule has 6 nitrogen and oxygen atoms in total. The highest BCUT2D eigenvalue weighted by Gasteiger charge is 2.34. The number of amides is 2. The molecule has 0 N–H and O–H groups in total. The molecule has 6 heteroatoms. The number of aryl methyl sites for hydroxylation is 1. The van der Waals surface area contributed by atoms with Gasteiger partial charge in [0.25, 0.3) is 0 Å². The van der Waals surface area contributed by atoms with Crippen LogP contribution in [0.2, 0.25) is 0 Å². The molecule has 0 aromatic carbocycles. The average molecular weight is 318 g/mol. The Morgan fingerprint density at radius 3 is 2.78 bits per heavy atom. The molecule has 1 aromatic rings. The maximum Gasteiger partial charge on any atom is 0.320 e. The minimum absolute atomic E-state index is 0.184. The highest BCUT2D eigenvalue weighted by molar-refractivity contribution is 5.75. The lowest BCUT2D eigenvalue weighted by atomic mass is 9.97. The van der Waals surface area contributed by atoms with Crippen LogP contribution in [0.5, 0.6) is 0 Å². The molecule has 1 saturated carbocycles. The lowest BCUT2D eigenvalue weighted by molar-refractivity contribution is 0.0886. The molecule has 1 aromatic heterocycles. The number of nitrogens with zero attached hydrogens (tertiary/aromatic N) is 4. The molecule has 0 unspecified atom stereocenters. The Labute approximate surface area is 137 Å². The van der Waals surface area contributed by atoms with Crippen LogP contribution in [0.1, 0.15) is 42.9 Å². The fourth-order valence-electron chi connectivity index (χ4n) is 3.81. The summed E-state index contributed by atoms with van der Waals surface area (Å²) >= 11 is 0. The first kappa shape index (κ1) is 15.0. The molecule has 0 spiro atoms. The number of hydrogen-bond donors (Lipinski definition) is 0. The Kier molecular flexibility index (Phi) is 4.01. The number of urea groups is 1. The first-order chi connectivity index (χ1) is 11.2. The maximum absolute atomic E-state index is 12.7. The maximum atomic E-state index is 12.7. The minimum Gasteiger partial charge on any atom is -0.380 e. The van der Waals surface area contributed by atoms with Gasteiger partial charge >= 0.3 is 6.03 Å². The Morgan fingerprint density at radius 1 is 1.26 bits per heavy atom. The van der Waals surface area contributed by atoms with Crippen molar-refractivity contribution in [2.24, 2.45) is 13.0 Å². The van der Waals surface area contributed by atoms with Crippen LogP contribution < -0.4 is 0 Å². The smallest absolute Gasteiger partial charge is 0.320 e. The van der Waals surface area contributed by atoms with Gasteiger partial charge in [-0.2, -0.15) is 5.10 Å². The number of fused-ring (bicyclic) bond motifs is 1. The van der Waals surface area contributed by atoms with Gasteiger partial charge in [0.2, 0.25) is 0 Å². The second kappa shape index (κ2) is 6.15. The molecule has 4 rings (SSSR count). The van der Waals surface area contributed by atoms with Crippen molar-refractivity contribution in [3.8, 4) is 0 Å². The van der Waals surface area contributed by atoms with Gasteiger partial charge in [0.05, 0.1) is 25.0 Å². The SMILES string of the molecule is Cn1ncc2c1[C@@H](COCC1CC1)CN(C(=O)N1CCCC1)C2. The lowest BCUT2D eigenvalue weighted by Crippen LogP contribution is -2.46. The minimum atomic E-state index is 0.184. The summed E-state index contributed by atoms with van der Waals surface area (Å²) in [6, 6.07) is 0.184. The molecule has 3 heterocycles. The molecule has 1 aliphatic carbocycles. The number of likely N-dealkylation sites (tertiary alicyclic amines) is 1. The zero-order valence-electron chi connectivity index (χ0n) is 13.9. The molecule has 126 valence electrons. The Balaban J connectivity index is 1.47. The number of rotatable bonds is 4. The molecule has 23 heavy (non-hydrogen) atoms. The van der Waals surface area contributed by atoms with Crippen LogP contribution in [0.15, 0.2) is 6.20 Å². The van der Waals surface area contributed by atoms with Crippen molar-refractivity contribution >= 4 is 6.03 Å². The predicted molar refractivity (Wildman–Crippen MR) is 86.1 cm³/mol. The van der Waals surface area contributed by atoms with Crippen LogP contribution in [0.4, 0.5) is 4.79 Å². The Hall–Kier alpha value is -1.56. The van der Waals surface area contributed by atoms with Crippen LogP contribution in [0.25, 0.3) is 0 Å². The van der Waals surface area contributed by atoms with Gasteiger partial charge in [-0.1, -0.05) is 0 Å². The summed E-state index contributed by atoms with van der Waals surface area (Å²) in [6.07, 6.45) is 6.78. The van der Waals surface area contributed by atoms with Crippen molar-refractivity contribution in [2.75, 3.05) is 32.8 Å². The third-order valence-corrected chi connectivity index (χ3v) is 5.27. The molecular weight excluding hydrogens is 292 g/mol. The molecule has 2 fully saturated rings. The van der Waals surface area contributed by atoms with Crippen molar-refractivity contribution in [1.82, 2.24) is 19.6 Å². The van der Waals surface area contributed by atoms with Crippen LogP contribution >= 0.6 is 0 Å². The summed E-state index contributed by atoms with van der Waals surface area (Å²) in [7, 11) is 1.99. The van der Waals surface area contributed by atoms with Gasteiger partial charge in [0.1, 0.15) is 0 Å². The van der Waals surface area contributed by atoms with Crippen molar-refractivity contribution in [1.29, 1.82) is 0 Å². The molecule has 3 aliphatic rings. The van der Waals surface area contributed by atoms with Crippen molar-refractivity contribution < 1.29 is 9.53 Å². The number of carbonyl (C=O) groups excluding carboxylic acids is 1. The summed E-state index contributed by atoms with van der Waals surface area (Å²) in [6.45, 7) is 4.77. The summed E-state index contributed by atoms with van der Waals surface area (Å²) in [4.78, 5) is 16.7. The zero-order chi connectivity index (χ0) is 15.8. The van der Waals surface area contributed by atoms with Gasteiger partial charge in [-0.3, -0.25) is 4.68 Å². The van der Waals surface area contributed by atoms with E-state index in [0.717, 1.165) is 45.0 Å². The normalized spacial score (nSPS) is 24.1. The molecule has 1 atom stereocenters. The summed E-state index contributed by atoms with van der Waals surface area (Å²) < 4.78 is 7.90. The van der Waals surface area contributed by atoms with Crippen LogP contribution in [-0.2, 0) is 18.3 Å². The summed E-state index contributed by atoms with van der Waals surface area (Å²) in [5.41, 5.74) is 2.41. The van der Waals surface area contributed by atoms with E-state index in [4.69, 9.17) is 4.74 Å². The molecular formula is C17H26N4O2. The largest absolute Gasteiger partial charge is 0.380 e. The van der Waals surface area contributed by atoms with E-state index in [1.165, 1.54) is 24.1 Å². The molecule has 0 bridgehead atoms. The average Bonchev–Trinajstić information content (AvgIpc) is 3.07. The number of carbonyl (C=O) groups is 1. The van der Waals surface area contributed by atoms with E-state index in [9.17, 15) is 4.79 Å². The third kappa shape index (κ3) is 3.09. The second-order valence-electron chi connectivity index (χ2n) is 7.21. The Bertz CT molecular complexity index is 575. The van der Waals surface area contributed by atoms with Crippen molar-refractivity contribution in [3.05, 3.63) is 17.5 Å². The molecule has 1 saturated heterocycles. The number of aromatic nitrogens is 2. The van der Waals surface area contributed by atoms with Gasteiger partial charge in [-0.15, -0.1) is 0 Å². The standard InChI is InChI=1S/C17H26N4O2/c1-19-16-14(8-18-19)9-21(17(22)20-6-2-3-7-20)10-15(16)12-23-11-13-4-5-13/h8,13,15H,2-7,9-12H2,1H3/t15-/m1/s1. The van der Waals surface area contributed by atoms with Gasteiger partial charge in [0.15, 0.2) is 0 Å². The topological polar surface area (TPSA) is 50.6 Å². The quantitative estimate of drug-likeness (QED) is 0.853. The Morgan fingerprint density at radius 2 is 2.04 bits per heavy atom. The van der Waals surface area contributed by atoms with E-state index in [-0.39, 0.29) is 11.9 Å². The van der Waals surface area contributed by atoms with E-state index >= 15 is 0 Å². The second-order valence-corrected chi connectivity index (χ2v) is 7.21. The molecule has 2 aliphatic heterocycles.